The minimum Gasteiger partial charge on any atom is -0.493 e. The van der Waals surface area contributed by atoms with Crippen molar-refractivity contribution in [2.75, 3.05) is 32.6 Å². The van der Waals surface area contributed by atoms with Crippen LogP contribution in [0.1, 0.15) is 24.3 Å². The van der Waals surface area contributed by atoms with Gasteiger partial charge in [-0.25, -0.2) is 13.4 Å². The van der Waals surface area contributed by atoms with Crippen LogP contribution < -0.4 is 14.8 Å². The molecule has 3 rings (SSSR count). The van der Waals surface area contributed by atoms with Gasteiger partial charge in [-0.05, 0) is 36.4 Å². The second-order valence-electron chi connectivity index (χ2n) is 6.77. The third-order valence-electron chi connectivity index (χ3n) is 4.93. The smallest absolute Gasteiger partial charge is 0.275 e. The molecule has 0 fully saturated rings. The summed E-state index contributed by atoms with van der Waals surface area (Å²) in [5, 5.41) is 2.77. The van der Waals surface area contributed by atoms with Crippen molar-refractivity contribution in [3.05, 3.63) is 60.7 Å². The molecule has 0 aliphatic rings. The molecule has 0 spiro atoms. The Hall–Kier alpha value is -3.37. The van der Waals surface area contributed by atoms with E-state index in [1.54, 1.807) is 67.1 Å². The van der Waals surface area contributed by atoms with Gasteiger partial charge in [0.25, 0.3) is 5.91 Å². The van der Waals surface area contributed by atoms with Crippen LogP contribution >= 0.6 is 0 Å². The van der Waals surface area contributed by atoms with Crippen LogP contribution in [0.25, 0.3) is 5.69 Å². The van der Waals surface area contributed by atoms with E-state index in [1.165, 1.54) is 24.9 Å². The number of carbonyl (C=O) groups excluding carboxylic acids is 1. The Morgan fingerprint density at radius 1 is 1.03 bits per heavy atom. The van der Waals surface area contributed by atoms with Crippen molar-refractivity contribution in [3.8, 4) is 17.2 Å². The highest BCUT2D eigenvalue weighted by atomic mass is 32.2. The number of nitrogens with zero attached hydrogens (tertiary/aromatic N) is 3. The van der Waals surface area contributed by atoms with Crippen molar-refractivity contribution in [1.29, 1.82) is 0 Å². The molecule has 1 heterocycles. The molecular formula is C22H26N4O5S. The third kappa shape index (κ3) is 4.76. The molecule has 1 amide bonds. The molecule has 1 N–H and O–H groups in total. The van der Waals surface area contributed by atoms with Gasteiger partial charge in [0, 0.05) is 36.7 Å². The fraction of sp³-hybridized carbons (Fsp3) is 0.273. The number of carbonyl (C=O) groups is 1. The Morgan fingerprint density at radius 2 is 1.69 bits per heavy atom. The van der Waals surface area contributed by atoms with Gasteiger partial charge in [-0.3, -0.25) is 4.79 Å². The molecule has 0 atom stereocenters. The summed E-state index contributed by atoms with van der Waals surface area (Å²) in [6.45, 7) is 4.41. The second kappa shape index (κ2) is 9.84. The number of amides is 1. The number of benzene rings is 2. The molecule has 32 heavy (non-hydrogen) atoms. The normalized spacial score (nSPS) is 11.4. The number of imidazole rings is 1. The van der Waals surface area contributed by atoms with Crippen molar-refractivity contribution >= 4 is 21.6 Å². The van der Waals surface area contributed by atoms with Crippen LogP contribution in [0.3, 0.4) is 0 Å². The number of hydrogen-bond donors (Lipinski definition) is 1. The van der Waals surface area contributed by atoms with E-state index in [9.17, 15) is 13.2 Å². The number of sulfonamides is 1. The van der Waals surface area contributed by atoms with E-state index in [0.29, 0.717) is 36.0 Å². The van der Waals surface area contributed by atoms with Crippen LogP contribution in [-0.4, -0.2) is 55.5 Å². The first-order valence-electron chi connectivity index (χ1n) is 10.0. The van der Waals surface area contributed by atoms with Gasteiger partial charge in [0.2, 0.25) is 10.0 Å². The number of nitrogens with one attached hydrogen (secondary N) is 1. The molecule has 0 saturated heterocycles. The van der Waals surface area contributed by atoms with Gasteiger partial charge in [0.05, 0.1) is 19.1 Å². The lowest BCUT2D eigenvalue weighted by atomic mass is 10.2. The molecule has 1 aromatic heterocycles. The summed E-state index contributed by atoms with van der Waals surface area (Å²) in [7, 11) is -0.475. The zero-order valence-corrected chi connectivity index (χ0v) is 19.2. The minimum absolute atomic E-state index is 0.208. The zero-order valence-electron chi connectivity index (χ0n) is 18.4. The first kappa shape index (κ1) is 23.3. The van der Waals surface area contributed by atoms with Crippen LogP contribution in [0.5, 0.6) is 11.5 Å². The molecule has 0 aliphatic heterocycles. The van der Waals surface area contributed by atoms with Crippen LogP contribution in [0.4, 0.5) is 5.69 Å². The van der Waals surface area contributed by atoms with Crippen LogP contribution in [0.2, 0.25) is 0 Å². The lowest BCUT2D eigenvalue weighted by Gasteiger charge is -2.18. The van der Waals surface area contributed by atoms with E-state index >= 15 is 0 Å². The molecule has 170 valence electrons. The van der Waals surface area contributed by atoms with Crippen molar-refractivity contribution in [2.24, 2.45) is 0 Å². The van der Waals surface area contributed by atoms with Crippen molar-refractivity contribution in [1.82, 2.24) is 13.9 Å². The zero-order chi connectivity index (χ0) is 23.3. The quantitative estimate of drug-likeness (QED) is 0.528. The SMILES string of the molecule is CCN(CC)S(=O)(=O)c1ccc(-n2cnc(C(=O)Nc3ccc(OC)c(OC)c3)c2)cc1. The lowest BCUT2D eigenvalue weighted by molar-refractivity contribution is 0.102. The molecule has 2 aromatic carbocycles. The summed E-state index contributed by atoms with van der Waals surface area (Å²) in [5.74, 6) is 0.661. The molecule has 0 saturated carbocycles. The van der Waals surface area contributed by atoms with E-state index in [-0.39, 0.29) is 10.6 Å². The monoisotopic (exact) mass is 458 g/mol. The standard InChI is InChI=1S/C22H26N4O5S/c1-5-26(6-2)32(28,29)18-10-8-17(9-11-18)25-14-19(23-15-25)22(27)24-16-7-12-20(30-3)21(13-16)31-4/h7-15H,5-6H2,1-4H3,(H,24,27). The highest BCUT2D eigenvalue weighted by Crippen LogP contribution is 2.30. The Bertz CT molecular complexity index is 1190. The Kier molecular flexibility index (Phi) is 7.16. The van der Waals surface area contributed by atoms with Crippen molar-refractivity contribution < 1.29 is 22.7 Å². The van der Waals surface area contributed by atoms with Crippen LogP contribution in [0.15, 0.2) is 59.9 Å². The third-order valence-corrected chi connectivity index (χ3v) is 7.00. The van der Waals surface area contributed by atoms with Gasteiger partial charge >= 0.3 is 0 Å². The number of rotatable bonds is 9. The van der Waals surface area contributed by atoms with Crippen molar-refractivity contribution in [2.45, 2.75) is 18.7 Å². The van der Waals surface area contributed by atoms with Gasteiger partial charge in [-0.15, -0.1) is 0 Å². The fourth-order valence-corrected chi connectivity index (χ4v) is 4.65. The molecule has 0 radical (unpaired) electrons. The van der Waals surface area contributed by atoms with Gasteiger partial charge in [-0.1, -0.05) is 13.8 Å². The fourth-order valence-electron chi connectivity index (χ4n) is 3.19. The molecule has 0 unspecified atom stereocenters. The minimum atomic E-state index is -3.53. The number of ether oxygens (including phenoxy) is 2. The highest BCUT2D eigenvalue weighted by Gasteiger charge is 2.21. The first-order valence-corrected chi connectivity index (χ1v) is 11.5. The summed E-state index contributed by atoms with van der Waals surface area (Å²) in [5.41, 5.74) is 1.42. The predicted octanol–water partition coefficient (Wildman–Crippen LogP) is 3.17. The van der Waals surface area contributed by atoms with E-state index < -0.39 is 15.9 Å². The van der Waals surface area contributed by atoms with Crippen LogP contribution in [-0.2, 0) is 10.0 Å². The van der Waals surface area contributed by atoms with E-state index in [1.807, 2.05) is 0 Å². The summed E-state index contributed by atoms with van der Waals surface area (Å²) in [4.78, 5) is 17.0. The largest absolute Gasteiger partial charge is 0.493 e. The van der Waals surface area contributed by atoms with Gasteiger partial charge in [0.1, 0.15) is 12.0 Å². The van der Waals surface area contributed by atoms with Gasteiger partial charge < -0.3 is 19.4 Å². The summed E-state index contributed by atoms with van der Waals surface area (Å²) in [6, 6.07) is 11.5. The molecule has 0 bridgehead atoms. The molecule has 10 heteroatoms. The Labute approximate surface area is 187 Å². The van der Waals surface area contributed by atoms with E-state index in [0.717, 1.165) is 0 Å². The Balaban J connectivity index is 1.76. The number of aromatic nitrogens is 2. The number of methoxy groups -OCH3 is 2. The first-order chi connectivity index (χ1) is 15.3. The maximum Gasteiger partial charge on any atom is 0.275 e. The van der Waals surface area contributed by atoms with E-state index in [2.05, 4.69) is 10.3 Å². The van der Waals surface area contributed by atoms with Gasteiger partial charge in [-0.2, -0.15) is 4.31 Å². The predicted molar refractivity (Wildman–Crippen MR) is 121 cm³/mol. The van der Waals surface area contributed by atoms with Crippen molar-refractivity contribution in [3.63, 3.8) is 0 Å². The highest BCUT2D eigenvalue weighted by molar-refractivity contribution is 7.89. The average Bonchev–Trinajstić information content (AvgIpc) is 3.30. The molecule has 0 aliphatic carbocycles. The number of anilines is 1. The maximum absolute atomic E-state index is 12.6. The Morgan fingerprint density at radius 3 is 2.28 bits per heavy atom. The topological polar surface area (TPSA) is 103 Å². The van der Waals surface area contributed by atoms with E-state index in [4.69, 9.17) is 9.47 Å². The molecule has 3 aromatic rings. The summed E-state index contributed by atoms with van der Waals surface area (Å²) >= 11 is 0. The summed E-state index contributed by atoms with van der Waals surface area (Å²) < 4.78 is 38.8. The average molecular weight is 459 g/mol. The summed E-state index contributed by atoms with van der Waals surface area (Å²) in [6.07, 6.45) is 3.07. The van der Waals surface area contributed by atoms with Crippen LogP contribution in [0, 0.1) is 0 Å². The molecule has 9 nitrogen and oxygen atoms in total. The number of hydrogen-bond acceptors (Lipinski definition) is 6. The second-order valence-corrected chi connectivity index (χ2v) is 8.71. The maximum atomic E-state index is 12.6. The lowest BCUT2D eigenvalue weighted by Crippen LogP contribution is -2.30. The molecular weight excluding hydrogens is 432 g/mol. The van der Waals surface area contributed by atoms with Gasteiger partial charge in [0.15, 0.2) is 11.5 Å².